The largest absolute Gasteiger partial charge is 0.512 e. The number of hydrogen-bond acceptors (Lipinski definition) is 5. The molecular weight excluding hydrogens is 280 g/mol. The van der Waals surface area contributed by atoms with E-state index in [1.54, 1.807) is 13.0 Å². The van der Waals surface area contributed by atoms with E-state index < -0.39 is 0 Å². The summed E-state index contributed by atoms with van der Waals surface area (Å²) >= 11 is 0. The number of nitrogens with one attached hydrogen (secondary N) is 1. The van der Waals surface area contributed by atoms with Gasteiger partial charge in [-0.3, -0.25) is 14.6 Å². The summed E-state index contributed by atoms with van der Waals surface area (Å²) in [6, 6.07) is 7.23. The smallest absolute Gasteiger partial charge is 0.164 e. The quantitative estimate of drug-likeness (QED) is 0.477. The fourth-order valence-corrected chi connectivity index (χ4v) is 1.82. The molecular formula is C17H20N2O3. The molecule has 2 N–H and O–H groups in total. The van der Waals surface area contributed by atoms with Gasteiger partial charge in [-0.15, -0.1) is 0 Å². The number of rotatable bonds is 6. The summed E-state index contributed by atoms with van der Waals surface area (Å²) in [7, 11) is 0. The number of aliphatic hydroxyl groups is 1. The van der Waals surface area contributed by atoms with Crippen LogP contribution in [0.5, 0.6) is 0 Å². The lowest BCUT2D eigenvalue weighted by Gasteiger charge is -2.09. The maximum Gasteiger partial charge on any atom is 0.164 e. The van der Waals surface area contributed by atoms with Gasteiger partial charge in [-0.05, 0) is 45.9 Å². The Bertz CT molecular complexity index is 666. The summed E-state index contributed by atoms with van der Waals surface area (Å²) in [5.41, 5.74) is 2.15. The van der Waals surface area contributed by atoms with E-state index in [1.807, 2.05) is 18.2 Å². The number of aliphatic hydroxyl groups excluding tert-OH is 1. The number of nitrogens with zero attached hydrogens (tertiary/aromatic N) is 1. The second kappa shape index (κ2) is 7.93. The fourth-order valence-electron chi connectivity index (χ4n) is 1.82. The molecule has 0 saturated heterocycles. The van der Waals surface area contributed by atoms with Gasteiger partial charge < -0.3 is 10.4 Å². The van der Waals surface area contributed by atoms with Crippen molar-refractivity contribution in [2.75, 3.05) is 5.32 Å². The second-order valence-electron chi connectivity index (χ2n) is 4.89. The van der Waals surface area contributed by atoms with Crippen LogP contribution in [0.1, 0.15) is 27.7 Å². The molecule has 0 aliphatic rings. The van der Waals surface area contributed by atoms with Crippen LogP contribution in [-0.4, -0.2) is 22.9 Å². The molecule has 0 aliphatic carbocycles. The molecule has 1 rings (SSSR count). The maximum absolute atomic E-state index is 11.4. The van der Waals surface area contributed by atoms with E-state index in [4.69, 9.17) is 0 Å². The molecule has 0 atom stereocenters. The highest BCUT2D eigenvalue weighted by Gasteiger charge is 2.06. The van der Waals surface area contributed by atoms with Crippen LogP contribution in [0.25, 0.3) is 0 Å². The van der Waals surface area contributed by atoms with Gasteiger partial charge in [-0.2, -0.15) is 0 Å². The van der Waals surface area contributed by atoms with Crippen molar-refractivity contribution >= 4 is 29.2 Å². The molecule has 0 radical (unpaired) electrons. The lowest BCUT2D eigenvalue weighted by atomic mass is 10.2. The maximum atomic E-state index is 11.4. The van der Waals surface area contributed by atoms with E-state index in [9.17, 15) is 14.7 Å². The van der Waals surface area contributed by atoms with Crippen LogP contribution in [-0.2, 0) is 9.59 Å². The molecule has 1 aromatic rings. The molecule has 5 nitrogen and oxygen atoms in total. The Hall–Kier alpha value is -2.69. The van der Waals surface area contributed by atoms with Crippen molar-refractivity contribution in [1.29, 1.82) is 0 Å². The van der Waals surface area contributed by atoms with Gasteiger partial charge in [0.25, 0.3) is 0 Å². The first-order chi connectivity index (χ1) is 10.3. The van der Waals surface area contributed by atoms with Gasteiger partial charge in [0.15, 0.2) is 11.6 Å². The summed E-state index contributed by atoms with van der Waals surface area (Å²) in [5.74, 6) is -0.389. The first-order valence-corrected chi connectivity index (χ1v) is 6.81. The molecule has 0 saturated carbocycles. The average Bonchev–Trinajstić information content (AvgIpc) is 2.38. The predicted molar refractivity (Wildman–Crippen MR) is 88.7 cm³/mol. The van der Waals surface area contributed by atoms with Crippen LogP contribution in [0.15, 0.2) is 52.4 Å². The fraction of sp³-hybridized carbons (Fsp3) is 0.235. The highest BCUT2D eigenvalue weighted by molar-refractivity contribution is 6.13. The van der Waals surface area contributed by atoms with Gasteiger partial charge >= 0.3 is 0 Å². The van der Waals surface area contributed by atoms with Crippen molar-refractivity contribution in [3.63, 3.8) is 0 Å². The number of ketones is 2. The molecule has 0 bridgehead atoms. The van der Waals surface area contributed by atoms with Crippen molar-refractivity contribution in [1.82, 2.24) is 0 Å². The summed E-state index contributed by atoms with van der Waals surface area (Å²) < 4.78 is 0. The van der Waals surface area contributed by atoms with E-state index in [0.717, 1.165) is 0 Å². The molecule has 5 heteroatoms. The Morgan fingerprint density at radius 2 is 1.77 bits per heavy atom. The van der Waals surface area contributed by atoms with E-state index in [1.165, 1.54) is 33.1 Å². The third-order valence-electron chi connectivity index (χ3n) is 2.76. The molecule has 0 unspecified atom stereocenters. The Kier molecular flexibility index (Phi) is 6.25. The van der Waals surface area contributed by atoms with Gasteiger partial charge in [0.2, 0.25) is 0 Å². The standard InChI is InChI=1S/C17H20N2O3/c1-11(9-12(2)20)19-17-8-6-5-7-16(17)18-10-15(13(3)21)14(4)22/h5-10,19,21H,1-4H3/b11-9+,15-13+,18-10?. The average molecular weight is 300 g/mol. The molecule has 0 spiro atoms. The molecule has 0 fully saturated rings. The SMILES string of the molecule is CC(=O)/C=C(\C)Nc1ccccc1N=C/C(C(C)=O)=C(/C)O. The van der Waals surface area contributed by atoms with Crippen LogP contribution in [0.2, 0.25) is 0 Å². The third kappa shape index (κ3) is 5.36. The van der Waals surface area contributed by atoms with Crippen LogP contribution >= 0.6 is 0 Å². The first-order valence-electron chi connectivity index (χ1n) is 6.81. The number of hydrogen-bond donors (Lipinski definition) is 2. The Morgan fingerprint density at radius 1 is 1.14 bits per heavy atom. The molecule has 22 heavy (non-hydrogen) atoms. The van der Waals surface area contributed by atoms with Gasteiger partial charge in [0.05, 0.1) is 16.9 Å². The van der Waals surface area contributed by atoms with Crippen molar-refractivity contribution in [2.45, 2.75) is 27.7 Å². The van der Waals surface area contributed by atoms with Gasteiger partial charge in [0, 0.05) is 11.9 Å². The third-order valence-corrected chi connectivity index (χ3v) is 2.76. The number of allylic oxidation sites excluding steroid dienone is 4. The minimum atomic E-state index is -0.262. The van der Waals surface area contributed by atoms with E-state index in [2.05, 4.69) is 10.3 Å². The number of carbonyl (C=O) groups is 2. The number of para-hydroxylation sites is 2. The van der Waals surface area contributed by atoms with E-state index in [-0.39, 0.29) is 22.9 Å². The lowest BCUT2D eigenvalue weighted by Crippen LogP contribution is -2.02. The number of anilines is 1. The summed E-state index contributed by atoms with van der Waals surface area (Å²) in [6.45, 7) is 6.06. The summed E-state index contributed by atoms with van der Waals surface area (Å²) in [6.07, 6.45) is 2.82. The summed E-state index contributed by atoms with van der Waals surface area (Å²) in [4.78, 5) is 26.7. The Labute approximate surface area is 130 Å². The summed E-state index contributed by atoms with van der Waals surface area (Å²) in [5, 5.41) is 12.6. The van der Waals surface area contributed by atoms with E-state index >= 15 is 0 Å². The van der Waals surface area contributed by atoms with Crippen LogP contribution in [0, 0.1) is 0 Å². The minimum Gasteiger partial charge on any atom is -0.512 e. The highest BCUT2D eigenvalue weighted by atomic mass is 16.3. The van der Waals surface area contributed by atoms with Crippen molar-refractivity contribution in [2.24, 2.45) is 4.99 Å². The minimum absolute atomic E-state index is 0.0521. The van der Waals surface area contributed by atoms with E-state index in [0.29, 0.717) is 17.1 Å². The monoisotopic (exact) mass is 300 g/mol. The zero-order valence-corrected chi connectivity index (χ0v) is 13.2. The molecule has 116 valence electrons. The molecule has 0 heterocycles. The lowest BCUT2D eigenvalue weighted by molar-refractivity contribution is -0.113. The molecule has 0 amide bonds. The van der Waals surface area contributed by atoms with Crippen molar-refractivity contribution in [3.05, 3.63) is 47.4 Å². The number of Topliss-reactive ketones (excluding diaryl/α,β-unsaturated/α-hetero) is 1. The Morgan fingerprint density at radius 3 is 2.32 bits per heavy atom. The highest BCUT2D eigenvalue weighted by Crippen LogP contribution is 2.25. The normalized spacial score (nSPS) is 13.0. The van der Waals surface area contributed by atoms with Gasteiger partial charge in [-0.25, -0.2) is 0 Å². The second-order valence-corrected chi connectivity index (χ2v) is 4.89. The first kappa shape index (κ1) is 17.4. The van der Waals surface area contributed by atoms with Crippen LogP contribution in [0.3, 0.4) is 0 Å². The molecule has 1 aromatic carbocycles. The van der Waals surface area contributed by atoms with Crippen molar-refractivity contribution in [3.8, 4) is 0 Å². The molecule has 0 aliphatic heterocycles. The zero-order chi connectivity index (χ0) is 16.7. The number of aliphatic imine (C=N–C) groups is 1. The van der Waals surface area contributed by atoms with Gasteiger partial charge in [-0.1, -0.05) is 12.1 Å². The van der Waals surface area contributed by atoms with Crippen LogP contribution in [0.4, 0.5) is 11.4 Å². The van der Waals surface area contributed by atoms with Crippen LogP contribution < -0.4 is 5.32 Å². The number of carbonyl (C=O) groups excluding carboxylic acids is 2. The van der Waals surface area contributed by atoms with Gasteiger partial charge in [0.1, 0.15) is 5.76 Å². The number of benzene rings is 1. The zero-order valence-electron chi connectivity index (χ0n) is 13.2. The van der Waals surface area contributed by atoms with Crippen molar-refractivity contribution < 1.29 is 14.7 Å². The molecule has 0 aromatic heterocycles. The predicted octanol–water partition coefficient (Wildman–Crippen LogP) is 3.71. The Balaban J connectivity index is 3.10. The topological polar surface area (TPSA) is 78.8 Å².